The molecule has 12 rings (SSSR count). The Bertz CT molecular complexity index is 3110. The molecular formula is C49H30N2O. The molecule has 10 aromatic rings. The Morgan fingerprint density at radius 2 is 0.923 bits per heavy atom. The van der Waals surface area contributed by atoms with E-state index in [0.29, 0.717) is 0 Å². The van der Waals surface area contributed by atoms with E-state index >= 15 is 0 Å². The van der Waals surface area contributed by atoms with Crippen LogP contribution in [-0.4, -0.2) is 9.13 Å². The molecule has 0 radical (unpaired) electrons. The fourth-order valence-electron chi connectivity index (χ4n) is 9.19. The van der Waals surface area contributed by atoms with Crippen LogP contribution in [0.25, 0.3) is 77.2 Å². The summed E-state index contributed by atoms with van der Waals surface area (Å²) in [4.78, 5) is 0. The fourth-order valence-corrected chi connectivity index (χ4v) is 9.19. The quantitative estimate of drug-likeness (QED) is 0.184. The Hall–Kier alpha value is -6.84. The molecule has 3 heterocycles. The molecule has 1 aliphatic heterocycles. The van der Waals surface area contributed by atoms with Gasteiger partial charge in [0.1, 0.15) is 11.5 Å². The summed E-state index contributed by atoms with van der Waals surface area (Å²) in [5.74, 6) is 2.06. The summed E-state index contributed by atoms with van der Waals surface area (Å²) in [5, 5.41) is 4.99. The highest BCUT2D eigenvalue weighted by Gasteiger charge is 2.38. The Morgan fingerprint density at radius 3 is 1.63 bits per heavy atom. The highest BCUT2D eigenvalue weighted by molar-refractivity contribution is 6.13. The summed E-state index contributed by atoms with van der Waals surface area (Å²) >= 11 is 0. The first-order valence-corrected chi connectivity index (χ1v) is 18.0. The van der Waals surface area contributed by atoms with Gasteiger partial charge >= 0.3 is 0 Å². The van der Waals surface area contributed by atoms with Gasteiger partial charge in [-0.1, -0.05) is 109 Å². The SMILES string of the molecule is c1ccc(-n2c3ccccc3c3cc(-c4ccc5c(c4)c4ccccc4n5-c4cc5c6c(c4)-c4ccccc4C6c4ccccc4O5)ccc32)cc1. The summed E-state index contributed by atoms with van der Waals surface area (Å²) in [6, 6.07) is 64.1. The van der Waals surface area contributed by atoms with Crippen LogP contribution in [0.5, 0.6) is 11.5 Å². The Balaban J connectivity index is 1.05. The molecular weight excluding hydrogens is 633 g/mol. The summed E-state index contributed by atoms with van der Waals surface area (Å²) in [6.07, 6.45) is 0. The van der Waals surface area contributed by atoms with E-state index in [1.807, 2.05) is 0 Å². The normalized spacial score (nSPS) is 14.1. The summed E-state index contributed by atoms with van der Waals surface area (Å²) < 4.78 is 11.5. The van der Waals surface area contributed by atoms with Gasteiger partial charge in [-0.25, -0.2) is 0 Å². The summed E-state index contributed by atoms with van der Waals surface area (Å²) in [6.45, 7) is 0. The van der Waals surface area contributed by atoms with E-state index in [0.717, 1.165) is 17.2 Å². The van der Waals surface area contributed by atoms with Gasteiger partial charge in [0.2, 0.25) is 0 Å². The van der Waals surface area contributed by atoms with E-state index in [2.05, 4.69) is 185 Å². The Labute approximate surface area is 300 Å². The van der Waals surface area contributed by atoms with Crippen LogP contribution in [0.15, 0.2) is 176 Å². The minimum Gasteiger partial charge on any atom is -0.457 e. The summed E-state index contributed by atoms with van der Waals surface area (Å²) in [7, 11) is 0. The van der Waals surface area contributed by atoms with Crippen LogP contribution in [0.2, 0.25) is 0 Å². The first kappa shape index (κ1) is 27.9. The van der Waals surface area contributed by atoms with Crippen LogP contribution in [0.3, 0.4) is 0 Å². The largest absolute Gasteiger partial charge is 0.457 e. The lowest BCUT2D eigenvalue weighted by atomic mass is 9.86. The minimum absolute atomic E-state index is 0.181. The van der Waals surface area contributed by atoms with Crippen molar-refractivity contribution in [2.45, 2.75) is 5.92 Å². The van der Waals surface area contributed by atoms with Gasteiger partial charge in [-0.15, -0.1) is 0 Å². The molecule has 3 heteroatoms. The predicted octanol–water partition coefficient (Wildman–Crippen LogP) is 12.8. The average Bonchev–Trinajstić information content (AvgIpc) is 3.84. The van der Waals surface area contributed by atoms with Gasteiger partial charge in [0.25, 0.3) is 0 Å². The van der Waals surface area contributed by atoms with Gasteiger partial charge in [-0.3, -0.25) is 0 Å². The van der Waals surface area contributed by atoms with Crippen LogP contribution in [0.1, 0.15) is 22.6 Å². The van der Waals surface area contributed by atoms with Crippen molar-refractivity contribution in [1.82, 2.24) is 9.13 Å². The van der Waals surface area contributed by atoms with Crippen LogP contribution in [-0.2, 0) is 0 Å². The maximum Gasteiger partial charge on any atom is 0.134 e. The number of para-hydroxylation sites is 4. The number of hydrogen-bond donors (Lipinski definition) is 0. The first-order chi connectivity index (χ1) is 25.8. The van der Waals surface area contributed by atoms with Gasteiger partial charge in [0.15, 0.2) is 0 Å². The van der Waals surface area contributed by atoms with Crippen molar-refractivity contribution in [3.05, 3.63) is 193 Å². The molecule has 0 saturated heterocycles. The number of benzene rings is 8. The molecule has 52 heavy (non-hydrogen) atoms. The standard InChI is InChI=1S/C49H30N2O/c1-2-12-32(13-3-1)50-42-19-9-6-15-35(42)39-26-30(22-24-44(39)50)31-23-25-45-40(27-31)36-16-7-10-20-43(36)51(45)33-28-41-34-14-4-5-17-37(34)48-38-18-8-11-21-46(38)52-47(29-33)49(41)48/h1-29,48H. The predicted molar refractivity (Wildman–Crippen MR) is 213 cm³/mol. The maximum atomic E-state index is 6.72. The van der Waals surface area contributed by atoms with E-state index in [-0.39, 0.29) is 5.92 Å². The molecule has 0 fully saturated rings. The number of rotatable bonds is 3. The van der Waals surface area contributed by atoms with Gasteiger partial charge in [0.05, 0.1) is 27.8 Å². The van der Waals surface area contributed by atoms with Crippen molar-refractivity contribution in [1.29, 1.82) is 0 Å². The van der Waals surface area contributed by atoms with Gasteiger partial charge in [-0.2, -0.15) is 0 Å². The van der Waals surface area contributed by atoms with Crippen LogP contribution in [0.4, 0.5) is 0 Å². The van der Waals surface area contributed by atoms with E-state index < -0.39 is 0 Å². The highest BCUT2D eigenvalue weighted by atomic mass is 16.5. The molecule has 1 atom stereocenters. The lowest BCUT2D eigenvalue weighted by molar-refractivity contribution is 0.455. The van der Waals surface area contributed by atoms with Crippen molar-refractivity contribution >= 4 is 43.6 Å². The maximum absolute atomic E-state index is 6.72. The second-order valence-electron chi connectivity index (χ2n) is 14.1. The second-order valence-corrected chi connectivity index (χ2v) is 14.1. The highest BCUT2D eigenvalue weighted by Crippen LogP contribution is 2.57. The first-order valence-electron chi connectivity index (χ1n) is 18.0. The van der Waals surface area contributed by atoms with Crippen molar-refractivity contribution in [3.63, 3.8) is 0 Å². The number of nitrogens with zero attached hydrogens (tertiary/aromatic N) is 2. The number of aromatic nitrogens is 2. The van der Waals surface area contributed by atoms with E-state index in [1.165, 1.54) is 88.2 Å². The number of fused-ring (bicyclic) bond motifs is 11. The van der Waals surface area contributed by atoms with E-state index in [1.54, 1.807) is 0 Å². The monoisotopic (exact) mass is 662 g/mol. The molecule has 242 valence electrons. The smallest absolute Gasteiger partial charge is 0.134 e. The Kier molecular flexibility index (Phi) is 5.56. The van der Waals surface area contributed by atoms with Crippen molar-refractivity contribution in [2.75, 3.05) is 0 Å². The lowest BCUT2D eigenvalue weighted by Gasteiger charge is -2.26. The third-order valence-corrected chi connectivity index (χ3v) is 11.4. The third kappa shape index (κ3) is 3.74. The molecule has 0 bridgehead atoms. The molecule has 2 aliphatic rings. The zero-order valence-corrected chi connectivity index (χ0v) is 28.1. The Morgan fingerprint density at radius 1 is 0.365 bits per heavy atom. The van der Waals surface area contributed by atoms with Gasteiger partial charge in [0, 0.05) is 50.3 Å². The van der Waals surface area contributed by atoms with Gasteiger partial charge < -0.3 is 13.9 Å². The molecule has 3 nitrogen and oxygen atoms in total. The number of hydrogen-bond acceptors (Lipinski definition) is 1. The van der Waals surface area contributed by atoms with Gasteiger partial charge in [-0.05, 0) is 88.5 Å². The average molecular weight is 663 g/mol. The van der Waals surface area contributed by atoms with Crippen LogP contribution < -0.4 is 4.74 Å². The molecule has 0 spiro atoms. The molecule has 0 amide bonds. The number of ether oxygens (including phenoxy) is 1. The molecule has 8 aromatic carbocycles. The van der Waals surface area contributed by atoms with Crippen molar-refractivity contribution in [3.8, 4) is 45.1 Å². The topological polar surface area (TPSA) is 19.1 Å². The zero-order chi connectivity index (χ0) is 33.9. The van der Waals surface area contributed by atoms with Crippen molar-refractivity contribution < 1.29 is 4.74 Å². The van der Waals surface area contributed by atoms with Crippen LogP contribution >= 0.6 is 0 Å². The zero-order valence-electron chi connectivity index (χ0n) is 28.1. The van der Waals surface area contributed by atoms with Crippen molar-refractivity contribution in [2.24, 2.45) is 0 Å². The minimum atomic E-state index is 0.181. The molecule has 0 N–H and O–H groups in total. The molecule has 1 unspecified atom stereocenters. The molecule has 0 saturated carbocycles. The third-order valence-electron chi connectivity index (χ3n) is 11.4. The van der Waals surface area contributed by atoms with E-state index in [9.17, 15) is 0 Å². The van der Waals surface area contributed by atoms with Crippen LogP contribution in [0, 0.1) is 0 Å². The lowest BCUT2D eigenvalue weighted by Crippen LogP contribution is -2.09. The van der Waals surface area contributed by atoms with E-state index in [4.69, 9.17) is 4.74 Å². The molecule has 2 aromatic heterocycles. The fraction of sp³-hybridized carbons (Fsp3) is 0.0204. The second kappa shape index (κ2) is 10.3. The molecule has 1 aliphatic carbocycles. The summed E-state index contributed by atoms with van der Waals surface area (Å²) in [5.41, 5.74) is 15.9.